The smallest absolute Gasteiger partial charge is 0.284 e. The first-order valence-corrected chi connectivity index (χ1v) is 10.2. The third-order valence-electron chi connectivity index (χ3n) is 4.42. The third-order valence-corrected chi connectivity index (χ3v) is 5.12. The standard InChI is InChI=1S/C20H26F2N2O2S/c1-15-12-24(7-8-25-15)13-17-4-2-3-16(9-17)10-23-11-18-5-6-19(26-18)14-27-20(21)22/h2-6,9,15,20,23H,7-8,10-14H2,1H3. The van der Waals surface area contributed by atoms with Crippen LogP contribution in [0, 0.1) is 0 Å². The van der Waals surface area contributed by atoms with Crippen molar-refractivity contribution in [1.29, 1.82) is 0 Å². The van der Waals surface area contributed by atoms with Crippen LogP contribution >= 0.6 is 11.8 Å². The van der Waals surface area contributed by atoms with E-state index in [1.165, 1.54) is 11.1 Å². The van der Waals surface area contributed by atoms with Gasteiger partial charge in [-0.25, -0.2) is 0 Å². The van der Waals surface area contributed by atoms with Crippen molar-refractivity contribution in [2.45, 2.75) is 44.2 Å². The average Bonchev–Trinajstić information content (AvgIpc) is 3.08. The molecule has 2 aromatic rings. The Morgan fingerprint density at radius 1 is 1.19 bits per heavy atom. The van der Waals surface area contributed by atoms with E-state index in [2.05, 4.69) is 41.4 Å². The maximum atomic E-state index is 12.2. The van der Waals surface area contributed by atoms with Gasteiger partial charge in [0.05, 0.1) is 25.0 Å². The lowest BCUT2D eigenvalue weighted by atomic mass is 10.1. The van der Waals surface area contributed by atoms with Gasteiger partial charge in [-0.2, -0.15) is 8.78 Å². The first-order valence-electron chi connectivity index (χ1n) is 9.18. The van der Waals surface area contributed by atoms with Crippen LogP contribution in [0.1, 0.15) is 29.6 Å². The minimum absolute atomic E-state index is 0.194. The molecule has 1 atom stereocenters. The number of alkyl halides is 2. The molecule has 1 aromatic carbocycles. The van der Waals surface area contributed by atoms with Crippen LogP contribution in [0.2, 0.25) is 0 Å². The molecule has 0 spiro atoms. The number of ether oxygens (including phenoxy) is 1. The highest BCUT2D eigenvalue weighted by Gasteiger charge is 2.16. The van der Waals surface area contributed by atoms with Crippen molar-refractivity contribution in [2.75, 3.05) is 19.7 Å². The summed E-state index contributed by atoms with van der Waals surface area (Å²) in [5.41, 5.74) is 2.52. The fraction of sp³-hybridized carbons (Fsp3) is 0.500. The number of rotatable bonds is 9. The van der Waals surface area contributed by atoms with Gasteiger partial charge in [0.15, 0.2) is 0 Å². The zero-order valence-corrected chi connectivity index (χ0v) is 16.3. The predicted octanol–water partition coefficient (Wildman–Crippen LogP) is 4.25. The molecule has 0 amide bonds. The molecule has 1 saturated heterocycles. The van der Waals surface area contributed by atoms with Crippen molar-refractivity contribution in [3.63, 3.8) is 0 Å². The van der Waals surface area contributed by atoms with Crippen LogP contribution < -0.4 is 5.32 Å². The molecular formula is C20H26F2N2O2S. The maximum absolute atomic E-state index is 12.2. The SMILES string of the molecule is CC1CN(Cc2cccc(CNCc3ccc(CSC(F)F)o3)c2)CCO1. The van der Waals surface area contributed by atoms with E-state index in [-0.39, 0.29) is 5.75 Å². The number of nitrogens with zero attached hydrogens (tertiary/aromatic N) is 1. The number of hydrogen-bond acceptors (Lipinski definition) is 5. The summed E-state index contributed by atoms with van der Waals surface area (Å²) in [4.78, 5) is 2.42. The summed E-state index contributed by atoms with van der Waals surface area (Å²) in [5, 5.41) is 3.35. The first kappa shape index (κ1) is 20.3. The van der Waals surface area contributed by atoms with Crippen molar-refractivity contribution in [3.8, 4) is 0 Å². The summed E-state index contributed by atoms with van der Waals surface area (Å²) in [5.74, 6) is -0.832. The Morgan fingerprint density at radius 3 is 2.81 bits per heavy atom. The van der Waals surface area contributed by atoms with Crippen LogP contribution in [-0.4, -0.2) is 36.5 Å². The molecule has 0 bridgehead atoms. The molecule has 1 fully saturated rings. The molecule has 1 aliphatic heterocycles. The maximum Gasteiger partial charge on any atom is 0.284 e. The molecule has 0 aliphatic carbocycles. The van der Waals surface area contributed by atoms with E-state index in [0.29, 0.717) is 30.2 Å². The molecule has 148 valence electrons. The van der Waals surface area contributed by atoms with Gasteiger partial charge in [-0.1, -0.05) is 36.0 Å². The Hall–Kier alpha value is -1.41. The van der Waals surface area contributed by atoms with Gasteiger partial charge >= 0.3 is 0 Å². The lowest BCUT2D eigenvalue weighted by Gasteiger charge is -2.31. The van der Waals surface area contributed by atoms with Crippen LogP contribution in [0.5, 0.6) is 0 Å². The van der Waals surface area contributed by atoms with E-state index in [1.54, 1.807) is 6.07 Å². The number of nitrogens with one attached hydrogen (secondary N) is 1. The zero-order valence-electron chi connectivity index (χ0n) is 15.5. The van der Waals surface area contributed by atoms with Gasteiger partial charge in [0.25, 0.3) is 5.76 Å². The van der Waals surface area contributed by atoms with Gasteiger partial charge in [0.1, 0.15) is 11.5 Å². The number of hydrogen-bond donors (Lipinski definition) is 1. The fourth-order valence-corrected chi connectivity index (χ4v) is 3.65. The molecule has 7 heteroatoms. The van der Waals surface area contributed by atoms with Crippen LogP contribution in [0.3, 0.4) is 0 Å². The van der Waals surface area contributed by atoms with Crippen molar-refractivity contribution in [2.24, 2.45) is 0 Å². The highest BCUT2D eigenvalue weighted by atomic mass is 32.2. The molecule has 4 nitrogen and oxygen atoms in total. The van der Waals surface area contributed by atoms with Crippen LogP contribution in [0.4, 0.5) is 8.78 Å². The average molecular weight is 397 g/mol. The number of halogens is 2. The van der Waals surface area contributed by atoms with Crippen LogP contribution in [0.25, 0.3) is 0 Å². The van der Waals surface area contributed by atoms with Gasteiger partial charge < -0.3 is 14.5 Å². The molecular weight excluding hydrogens is 370 g/mol. The Kier molecular flexibility index (Phi) is 7.70. The first-order chi connectivity index (χ1) is 13.1. The molecule has 0 radical (unpaired) electrons. The van der Waals surface area contributed by atoms with Crippen molar-refractivity contribution in [1.82, 2.24) is 10.2 Å². The van der Waals surface area contributed by atoms with E-state index in [0.717, 1.165) is 38.5 Å². The summed E-state index contributed by atoms with van der Waals surface area (Å²) in [7, 11) is 0. The quantitative estimate of drug-likeness (QED) is 0.686. The normalized spacial score (nSPS) is 18.3. The number of benzene rings is 1. The van der Waals surface area contributed by atoms with Crippen LogP contribution in [-0.2, 0) is 30.1 Å². The highest BCUT2D eigenvalue weighted by Crippen LogP contribution is 2.21. The lowest BCUT2D eigenvalue weighted by molar-refractivity contribution is -0.0212. The molecule has 1 N–H and O–H groups in total. The summed E-state index contributed by atoms with van der Waals surface area (Å²) in [6.45, 7) is 7.08. The van der Waals surface area contributed by atoms with Crippen molar-refractivity contribution < 1.29 is 17.9 Å². The van der Waals surface area contributed by atoms with Crippen molar-refractivity contribution >= 4 is 11.8 Å². The summed E-state index contributed by atoms with van der Waals surface area (Å²) >= 11 is 0.575. The van der Waals surface area contributed by atoms with Crippen LogP contribution in [0.15, 0.2) is 40.8 Å². The van der Waals surface area contributed by atoms with Gasteiger partial charge in [0, 0.05) is 26.2 Å². The van der Waals surface area contributed by atoms with Gasteiger partial charge in [-0.05, 0) is 30.2 Å². The molecule has 0 saturated carbocycles. The van der Waals surface area contributed by atoms with E-state index in [1.807, 2.05) is 6.07 Å². The number of furan rings is 1. The number of thioether (sulfide) groups is 1. The lowest BCUT2D eigenvalue weighted by Crippen LogP contribution is -2.40. The Balaban J connectivity index is 1.44. The molecule has 2 heterocycles. The molecule has 1 unspecified atom stereocenters. The minimum Gasteiger partial charge on any atom is -0.464 e. The largest absolute Gasteiger partial charge is 0.464 e. The van der Waals surface area contributed by atoms with E-state index in [4.69, 9.17) is 9.15 Å². The fourth-order valence-electron chi connectivity index (χ4n) is 3.20. The monoisotopic (exact) mass is 396 g/mol. The molecule has 1 aliphatic rings. The summed E-state index contributed by atoms with van der Waals surface area (Å²) < 4.78 is 35.6. The van der Waals surface area contributed by atoms with E-state index >= 15 is 0 Å². The van der Waals surface area contributed by atoms with E-state index in [9.17, 15) is 8.78 Å². The highest BCUT2D eigenvalue weighted by molar-refractivity contribution is 7.98. The topological polar surface area (TPSA) is 37.6 Å². The Morgan fingerprint density at radius 2 is 2.00 bits per heavy atom. The Labute approximate surface area is 163 Å². The van der Waals surface area contributed by atoms with Crippen molar-refractivity contribution in [3.05, 3.63) is 59.0 Å². The number of morpholine rings is 1. The molecule has 27 heavy (non-hydrogen) atoms. The molecule has 3 rings (SSSR count). The Bertz CT molecular complexity index is 711. The summed E-state index contributed by atoms with van der Waals surface area (Å²) in [6, 6.07) is 12.2. The van der Waals surface area contributed by atoms with Gasteiger partial charge in [0.2, 0.25) is 0 Å². The zero-order chi connectivity index (χ0) is 19.1. The molecule has 1 aromatic heterocycles. The summed E-state index contributed by atoms with van der Waals surface area (Å²) in [6.07, 6.45) is 0.292. The third kappa shape index (κ3) is 6.92. The second-order valence-electron chi connectivity index (χ2n) is 6.78. The van der Waals surface area contributed by atoms with E-state index < -0.39 is 5.76 Å². The minimum atomic E-state index is -2.37. The second kappa shape index (κ2) is 10.2. The van der Waals surface area contributed by atoms with Gasteiger partial charge in [-0.3, -0.25) is 4.90 Å². The second-order valence-corrected chi connectivity index (χ2v) is 7.76. The predicted molar refractivity (Wildman–Crippen MR) is 104 cm³/mol. The van der Waals surface area contributed by atoms with Gasteiger partial charge in [-0.15, -0.1) is 0 Å².